The van der Waals surface area contributed by atoms with Crippen LogP contribution in [0.4, 0.5) is 0 Å². The standard InChI is InChI=1S/C29H34N2O3/c1-4-23(3)30-29(33)27(19-24-14-7-5-8-15-24)31(20-25-16-12-11-13-22(25)2)28(32)21-34-26-17-9-6-10-18-26/h5-18,23,27H,4,19-21H2,1-3H3,(H,30,33)/t23-,27-/m0/s1. The number of aryl methyl sites for hydroxylation is 1. The fraction of sp³-hybridized carbons (Fsp3) is 0.310. The molecule has 1 N–H and O–H groups in total. The summed E-state index contributed by atoms with van der Waals surface area (Å²) in [4.78, 5) is 28.7. The average Bonchev–Trinajstić information content (AvgIpc) is 2.86. The minimum Gasteiger partial charge on any atom is -0.484 e. The van der Waals surface area contributed by atoms with E-state index in [1.165, 1.54) is 0 Å². The Morgan fingerprint density at radius 1 is 0.912 bits per heavy atom. The molecule has 5 nitrogen and oxygen atoms in total. The van der Waals surface area contributed by atoms with Gasteiger partial charge in [-0.15, -0.1) is 0 Å². The van der Waals surface area contributed by atoms with Gasteiger partial charge in [0.25, 0.3) is 5.91 Å². The summed E-state index contributed by atoms with van der Waals surface area (Å²) in [6.07, 6.45) is 1.23. The molecule has 0 saturated heterocycles. The zero-order valence-electron chi connectivity index (χ0n) is 20.2. The number of hydrogen-bond donors (Lipinski definition) is 1. The van der Waals surface area contributed by atoms with Gasteiger partial charge in [-0.25, -0.2) is 0 Å². The third kappa shape index (κ3) is 7.20. The molecule has 3 aromatic rings. The van der Waals surface area contributed by atoms with Gasteiger partial charge in [-0.2, -0.15) is 0 Å². The van der Waals surface area contributed by atoms with Crippen molar-refractivity contribution in [2.24, 2.45) is 0 Å². The zero-order chi connectivity index (χ0) is 24.3. The molecule has 0 bridgehead atoms. The van der Waals surface area contributed by atoms with Crippen LogP contribution in [-0.4, -0.2) is 35.4 Å². The van der Waals surface area contributed by atoms with Crippen molar-refractivity contribution in [1.82, 2.24) is 10.2 Å². The molecule has 0 aliphatic heterocycles. The van der Waals surface area contributed by atoms with Crippen molar-refractivity contribution in [2.45, 2.75) is 52.2 Å². The molecule has 0 aliphatic rings. The van der Waals surface area contributed by atoms with E-state index in [2.05, 4.69) is 5.32 Å². The van der Waals surface area contributed by atoms with Crippen LogP contribution in [0.5, 0.6) is 5.75 Å². The normalized spacial score (nSPS) is 12.4. The Balaban J connectivity index is 1.92. The zero-order valence-corrected chi connectivity index (χ0v) is 20.2. The number of hydrogen-bond acceptors (Lipinski definition) is 3. The molecular formula is C29H34N2O3. The van der Waals surface area contributed by atoms with E-state index < -0.39 is 6.04 Å². The molecule has 3 rings (SSSR count). The van der Waals surface area contributed by atoms with Crippen LogP contribution in [0.2, 0.25) is 0 Å². The van der Waals surface area contributed by atoms with E-state index in [1.807, 2.05) is 106 Å². The highest BCUT2D eigenvalue weighted by Gasteiger charge is 2.31. The largest absolute Gasteiger partial charge is 0.484 e. The fourth-order valence-electron chi connectivity index (χ4n) is 3.71. The second kappa shape index (κ2) is 12.6. The lowest BCUT2D eigenvalue weighted by Gasteiger charge is -2.32. The summed E-state index contributed by atoms with van der Waals surface area (Å²) in [6.45, 7) is 6.21. The number of para-hydroxylation sites is 1. The third-order valence-electron chi connectivity index (χ3n) is 5.98. The van der Waals surface area contributed by atoms with E-state index in [0.717, 1.165) is 23.1 Å². The highest BCUT2D eigenvalue weighted by molar-refractivity contribution is 5.88. The summed E-state index contributed by atoms with van der Waals surface area (Å²) < 4.78 is 5.78. The maximum Gasteiger partial charge on any atom is 0.261 e. The van der Waals surface area contributed by atoms with Crippen LogP contribution in [0.15, 0.2) is 84.9 Å². The highest BCUT2D eigenvalue weighted by Crippen LogP contribution is 2.18. The van der Waals surface area contributed by atoms with Gasteiger partial charge in [0.2, 0.25) is 5.91 Å². The first-order valence-corrected chi connectivity index (χ1v) is 11.8. The number of amides is 2. The first-order valence-electron chi connectivity index (χ1n) is 11.8. The smallest absolute Gasteiger partial charge is 0.261 e. The van der Waals surface area contributed by atoms with Crippen LogP contribution in [0.1, 0.15) is 37.0 Å². The summed E-state index contributed by atoms with van der Waals surface area (Å²) in [5.74, 6) is 0.238. The van der Waals surface area contributed by atoms with E-state index in [1.54, 1.807) is 4.90 Å². The number of carbonyl (C=O) groups excluding carboxylic acids is 2. The predicted molar refractivity (Wildman–Crippen MR) is 135 cm³/mol. The van der Waals surface area contributed by atoms with Crippen molar-refractivity contribution in [3.63, 3.8) is 0 Å². The molecule has 0 unspecified atom stereocenters. The maximum absolute atomic E-state index is 13.5. The van der Waals surface area contributed by atoms with E-state index >= 15 is 0 Å². The lowest BCUT2D eigenvalue weighted by Crippen LogP contribution is -2.53. The summed E-state index contributed by atoms with van der Waals surface area (Å²) in [7, 11) is 0. The van der Waals surface area contributed by atoms with E-state index in [4.69, 9.17) is 4.74 Å². The Bertz CT molecular complexity index is 1050. The van der Waals surface area contributed by atoms with Crippen molar-refractivity contribution in [2.75, 3.05) is 6.61 Å². The number of rotatable bonds is 11. The number of benzene rings is 3. The monoisotopic (exact) mass is 458 g/mol. The number of carbonyl (C=O) groups is 2. The minimum atomic E-state index is -0.664. The first kappa shape index (κ1) is 25.0. The maximum atomic E-state index is 13.5. The highest BCUT2D eigenvalue weighted by atomic mass is 16.5. The van der Waals surface area contributed by atoms with E-state index in [9.17, 15) is 9.59 Å². The topological polar surface area (TPSA) is 58.6 Å². The lowest BCUT2D eigenvalue weighted by atomic mass is 10.0. The Labute approximate surface area is 202 Å². The molecule has 0 saturated carbocycles. The summed E-state index contributed by atoms with van der Waals surface area (Å²) >= 11 is 0. The van der Waals surface area contributed by atoms with Gasteiger partial charge in [0.05, 0.1) is 0 Å². The van der Waals surface area contributed by atoms with Crippen molar-refractivity contribution < 1.29 is 14.3 Å². The molecule has 0 aliphatic carbocycles. The molecule has 2 amide bonds. The van der Waals surface area contributed by atoms with E-state index in [-0.39, 0.29) is 24.5 Å². The third-order valence-corrected chi connectivity index (χ3v) is 5.98. The van der Waals surface area contributed by atoms with Gasteiger partial charge >= 0.3 is 0 Å². The average molecular weight is 459 g/mol. The molecule has 3 aromatic carbocycles. The molecule has 0 spiro atoms. The molecule has 0 heterocycles. The predicted octanol–water partition coefficient (Wildman–Crippen LogP) is 4.93. The van der Waals surface area contributed by atoms with Crippen molar-refractivity contribution in [3.8, 4) is 5.75 Å². The molecule has 0 aromatic heterocycles. The van der Waals surface area contributed by atoms with E-state index in [0.29, 0.717) is 18.7 Å². The summed E-state index contributed by atoms with van der Waals surface area (Å²) in [6, 6.07) is 26.4. The molecule has 2 atom stereocenters. The molecule has 5 heteroatoms. The number of ether oxygens (including phenoxy) is 1. The number of nitrogens with one attached hydrogen (secondary N) is 1. The minimum absolute atomic E-state index is 0.0155. The van der Waals surface area contributed by atoms with Crippen LogP contribution in [0, 0.1) is 6.92 Å². The molecule has 0 fully saturated rings. The quantitative estimate of drug-likeness (QED) is 0.443. The van der Waals surface area contributed by atoms with Gasteiger partial charge in [-0.3, -0.25) is 9.59 Å². The van der Waals surface area contributed by atoms with Crippen molar-refractivity contribution in [3.05, 3.63) is 102 Å². The van der Waals surface area contributed by atoms with Crippen molar-refractivity contribution in [1.29, 1.82) is 0 Å². The molecule has 0 radical (unpaired) electrons. The Morgan fingerprint density at radius 3 is 2.18 bits per heavy atom. The van der Waals surface area contributed by atoms with Gasteiger partial charge in [0.15, 0.2) is 6.61 Å². The Hall–Kier alpha value is -3.60. The Kier molecular flexibility index (Phi) is 9.27. The first-order chi connectivity index (χ1) is 16.5. The molecular weight excluding hydrogens is 424 g/mol. The van der Waals surface area contributed by atoms with Crippen LogP contribution in [0.25, 0.3) is 0 Å². The SMILES string of the molecule is CC[C@H](C)NC(=O)[C@H](Cc1ccccc1)N(Cc1ccccc1C)C(=O)COc1ccccc1. The van der Waals surface area contributed by atoms with Gasteiger partial charge in [0.1, 0.15) is 11.8 Å². The second-order valence-corrected chi connectivity index (χ2v) is 8.57. The summed E-state index contributed by atoms with van der Waals surface area (Å²) in [5.41, 5.74) is 3.08. The van der Waals surface area contributed by atoms with Crippen molar-refractivity contribution >= 4 is 11.8 Å². The fourth-order valence-corrected chi connectivity index (χ4v) is 3.71. The lowest BCUT2D eigenvalue weighted by molar-refractivity contribution is -0.143. The van der Waals surface area contributed by atoms with Crippen LogP contribution >= 0.6 is 0 Å². The second-order valence-electron chi connectivity index (χ2n) is 8.57. The van der Waals surface area contributed by atoms with Gasteiger partial charge < -0.3 is 15.0 Å². The molecule has 178 valence electrons. The van der Waals surface area contributed by atoms with Gasteiger partial charge in [-0.05, 0) is 49.1 Å². The molecule has 34 heavy (non-hydrogen) atoms. The van der Waals surface area contributed by atoms with Gasteiger partial charge in [0, 0.05) is 19.0 Å². The summed E-state index contributed by atoms with van der Waals surface area (Å²) in [5, 5.41) is 3.09. The van der Waals surface area contributed by atoms with Crippen LogP contribution in [0.3, 0.4) is 0 Å². The van der Waals surface area contributed by atoms with Crippen LogP contribution in [-0.2, 0) is 22.6 Å². The van der Waals surface area contributed by atoms with Gasteiger partial charge in [-0.1, -0.05) is 79.7 Å². The Morgan fingerprint density at radius 2 is 1.53 bits per heavy atom. The number of nitrogens with zero attached hydrogens (tertiary/aromatic N) is 1. The van der Waals surface area contributed by atoms with Crippen LogP contribution < -0.4 is 10.1 Å².